The van der Waals surface area contributed by atoms with Crippen LogP contribution in [0.5, 0.6) is 0 Å². The van der Waals surface area contributed by atoms with Crippen molar-refractivity contribution in [3.63, 3.8) is 0 Å². The highest BCUT2D eigenvalue weighted by Crippen LogP contribution is 2.01. The van der Waals surface area contributed by atoms with Crippen molar-refractivity contribution in [2.24, 2.45) is 0 Å². The van der Waals surface area contributed by atoms with E-state index in [2.05, 4.69) is 32.0 Å². The molecule has 0 aliphatic rings. The second-order valence-corrected chi connectivity index (χ2v) is 4.52. The lowest BCUT2D eigenvalue weighted by molar-refractivity contribution is -0.119. The summed E-state index contributed by atoms with van der Waals surface area (Å²) in [6, 6.07) is 0. The van der Waals surface area contributed by atoms with Gasteiger partial charge in [-0.15, -0.1) is 12.3 Å². The fourth-order valence-corrected chi connectivity index (χ4v) is 1.09. The fourth-order valence-electron chi connectivity index (χ4n) is 1.09. The van der Waals surface area contributed by atoms with E-state index in [9.17, 15) is 4.79 Å². The zero-order valence-corrected chi connectivity index (χ0v) is 9.52. The summed E-state index contributed by atoms with van der Waals surface area (Å²) < 4.78 is 0. The van der Waals surface area contributed by atoms with Crippen LogP contribution in [0.25, 0.3) is 0 Å². The number of carbonyl (C=O) groups is 1. The van der Waals surface area contributed by atoms with E-state index in [1.54, 1.807) is 0 Å². The molecular weight excluding hydrogens is 174 g/mol. The number of nitrogens with one attached hydrogen (secondary N) is 1. The monoisotopic (exact) mass is 195 g/mol. The van der Waals surface area contributed by atoms with E-state index in [0.717, 1.165) is 13.0 Å². The van der Waals surface area contributed by atoms with Crippen LogP contribution in [0.4, 0.5) is 0 Å². The molecule has 14 heavy (non-hydrogen) atoms. The Morgan fingerprint density at radius 1 is 1.36 bits per heavy atom. The molecule has 0 atom stereocenters. The molecule has 0 amide bonds. The van der Waals surface area contributed by atoms with E-state index in [0.29, 0.717) is 25.0 Å². The molecule has 0 fully saturated rings. The Morgan fingerprint density at radius 2 is 2.00 bits per heavy atom. The van der Waals surface area contributed by atoms with Crippen LogP contribution in [0.15, 0.2) is 0 Å². The molecule has 2 heteroatoms. The average Bonchev–Trinajstić information content (AvgIpc) is 2.02. The first-order chi connectivity index (χ1) is 6.45. The Hall–Kier alpha value is -0.810. The maximum atomic E-state index is 11.3. The van der Waals surface area contributed by atoms with Gasteiger partial charge in [0.1, 0.15) is 5.78 Å². The highest BCUT2D eigenvalue weighted by molar-refractivity contribution is 5.78. The summed E-state index contributed by atoms with van der Waals surface area (Å²) >= 11 is 0. The number of carbonyl (C=O) groups excluding carboxylic acids is 1. The summed E-state index contributed by atoms with van der Waals surface area (Å²) in [6.07, 6.45) is 7.86. The minimum atomic E-state index is 0.0963. The van der Waals surface area contributed by atoms with Crippen LogP contribution >= 0.6 is 0 Å². The fraction of sp³-hybridized carbons (Fsp3) is 0.750. The normalized spacial score (nSPS) is 11.0. The smallest absolute Gasteiger partial charge is 0.134 e. The molecule has 0 unspecified atom stereocenters. The Balaban J connectivity index is 3.42. The third-order valence-corrected chi connectivity index (χ3v) is 1.84. The van der Waals surface area contributed by atoms with Crippen LogP contribution in [-0.2, 0) is 4.79 Å². The van der Waals surface area contributed by atoms with Crippen LogP contribution in [0.3, 0.4) is 0 Å². The molecule has 0 aliphatic carbocycles. The molecule has 0 spiro atoms. The van der Waals surface area contributed by atoms with Crippen molar-refractivity contribution in [1.29, 1.82) is 0 Å². The van der Waals surface area contributed by atoms with Gasteiger partial charge < -0.3 is 5.32 Å². The molecular formula is C12H21NO. The Kier molecular flexibility index (Phi) is 6.23. The molecule has 2 nitrogen and oxygen atoms in total. The second-order valence-electron chi connectivity index (χ2n) is 4.52. The predicted octanol–water partition coefficient (Wildman–Crippen LogP) is 2.14. The lowest BCUT2D eigenvalue weighted by atomic mass is 10.1. The molecule has 0 heterocycles. The quantitative estimate of drug-likeness (QED) is 0.519. The van der Waals surface area contributed by atoms with Crippen molar-refractivity contribution in [2.45, 2.75) is 52.0 Å². The van der Waals surface area contributed by atoms with Gasteiger partial charge in [-0.2, -0.15) is 0 Å². The van der Waals surface area contributed by atoms with Gasteiger partial charge in [0.25, 0.3) is 0 Å². The standard InChI is InChI=1S/C12H21NO/c1-5-6-7-8-11(14)9-10-13-12(2,3)4/h1,13H,6-10H2,2-4H3. The first-order valence-corrected chi connectivity index (χ1v) is 5.16. The number of rotatable bonds is 6. The Morgan fingerprint density at radius 3 is 2.50 bits per heavy atom. The van der Waals surface area contributed by atoms with Gasteiger partial charge in [0.05, 0.1) is 0 Å². The van der Waals surface area contributed by atoms with Crippen LogP contribution in [0.2, 0.25) is 0 Å². The van der Waals surface area contributed by atoms with Gasteiger partial charge in [-0.25, -0.2) is 0 Å². The van der Waals surface area contributed by atoms with Crippen molar-refractivity contribution in [3.05, 3.63) is 0 Å². The Labute approximate surface area is 87.5 Å². The average molecular weight is 195 g/mol. The van der Waals surface area contributed by atoms with Crippen LogP contribution in [-0.4, -0.2) is 17.9 Å². The van der Waals surface area contributed by atoms with Crippen molar-refractivity contribution in [1.82, 2.24) is 5.32 Å². The zero-order chi connectivity index (χ0) is 11.0. The number of hydrogen-bond acceptors (Lipinski definition) is 2. The molecule has 0 saturated carbocycles. The van der Waals surface area contributed by atoms with E-state index < -0.39 is 0 Å². The van der Waals surface area contributed by atoms with Gasteiger partial charge in [0.2, 0.25) is 0 Å². The summed E-state index contributed by atoms with van der Waals surface area (Å²) in [5.41, 5.74) is 0.0963. The first-order valence-electron chi connectivity index (χ1n) is 5.16. The van der Waals surface area contributed by atoms with E-state index >= 15 is 0 Å². The van der Waals surface area contributed by atoms with Gasteiger partial charge in [-0.3, -0.25) is 4.79 Å². The lowest BCUT2D eigenvalue weighted by Crippen LogP contribution is -2.37. The summed E-state index contributed by atoms with van der Waals surface area (Å²) in [5.74, 6) is 2.84. The zero-order valence-electron chi connectivity index (χ0n) is 9.52. The van der Waals surface area contributed by atoms with Crippen molar-refractivity contribution in [3.8, 4) is 12.3 Å². The molecule has 0 aromatic rings. The molecule has 0 saturated heterocycles. The predicted molar refractivity (Wildman–Crippen MR) is 60.1 cm³/mol. The number of Topliss-reactive ketones (excluding diaryl/α,β-unsaturated/α-hetero) is 1. The van der Waals surface area contributed by atoms with E-state index in [1.807, 2.05) is 0 Å². The van der Waals surface area contributed by atoms with E-state index in [-0.39, 0.29) is 5.54 Å². The number of hydrogen-bond donors (Lipinski definition) is 1. The van der Waals surface area contributed by atoms with E-state index in [1.165, 1.54) is 0 Å². The largest absolute Gasteiger partial charge is 0.312 e. The molecule has 0 bridgehead atoms. The van der Waals surface area contributed by atoms with Crippen molar-refractivity contribution >= 4 is 5.78 Å². The number of terminal acetylenes is 1. The molecule has 0 radical (unpaired) electrons. The van der Waals surface area contributed by atoms with Gasteiger partial charge in [-0.1, -0.05) is 0 Å². The summed E-state index contributed by atoms with van der Waals surface area (Å²) in [7, 11) is 0. The number of ketones is 1. The van der Waals surface area contributed by atoms with Crippen LogP contribution < -0.4 is 5.32 Å². The minimum absolute atomic E-state index is 0.0963. The third kappa shape index (κ3) is 9.28. The van der Waals surface area contributed by atoms with Crippen molar-refractivity contribution in [2.75, 3.05) is 6.54 Å². The molecule has 80 valence electrons. The van der Waals surface area contributed by atoms with Crippen LogP contribution in [0, 0.1) is 12.3 Å². The lowest BCUT2D eigenvalue weighted by Gasteiger charge is -2.19. The maximum absolute atomic E-state index is 11.3. The van der Waals surface area contributed by atoms with Gasteiger partial charge in [0.15, 0.2) is 0 Å². The highest BCUT2D eigenvalue weighted by Gasteiger charge is 2.09. The summed E-state index contributed by atoms with van der Waals surface area (Å²) in [5, 5.41) is 3.28. The molecule has 0 aliphatic heterocycles. The first kappa shape index (κ1) is 13.2. The molecule has 0 aromatic heterocycles. The highest BCUT2D eigenvalue weighted by atomic mass is 16.1. The molecule has 1 N–H and O–H groups in total. The SMILES string of the molecule is C#CCCCC(=O)CCNC(C)(C)C. The molecule has 0 rings (SSSR count). The van der Waals surface area contributed by atoms with E-state index in [4.69, 9.17) is 6.42 Å². The van der Waals surface area contributed by atoms with Gasteiger partial charge in [0, 0.05) is 31.3 Å². The third-order valence-electron chi connectivity index (χ3n) is 1.84. The summed E-state index contributed by atoms with van der Waals surface area (Å²) in [4.78, 5) is 11.3. The maximum Gasteiger partial charge on any atom is 0.134 e. The van der Waals surface area contributed by atoms with Gasteiger partial charge in [-0.05, 0) is 27.2 Å². The topological polar surface area (TPSA) is 29.1 Å². The summed E-state index contributed by atoms with van der Waals surface area (Å²) in [6.45, 7) is 7.04. The van der Waals surface area contributed by atoms with Crippen molar-refractivity contribution < 1.29 is 4.79 Å². The van der Waals surface area contributed by atoms with Crippen LogP contribution in [0.1, 0.15) is 46.5 Å². The number of unbranched alkanes of at least 4 members (excludes halogenated alkanes) is 1. The van der Waals surface area contributed by atoms with Gasteiger partial charge >= 0.3 is 0 Å². The molecule has 0 aromatic carbocycles. The minimum Gasteiger partial charge on any atom is -0.312 e. The Bertz CT molecular complexity index is 207. The second kappa shape index (κ2) is 6.62.